The largest absolute Gasteiger partial charge is 0.497 e. The number of hydrogen-bond donors (Lipinski definition) is 1. The van der Waals surface area contributed by atoms with Gasteiger partial charge in [0.1, 0.15) is 23.9 Å². The standard InChI is InChI=1S/C21H19ClFNO2/c1-25-20-9-7-19(8-10-20)24-13-16-12-17(22)4-11-21(16)26-14-15-2-5-18(23)6-3-15/h2-12,24H,13-14H2,1H3. The minimum Gasteiger partial charge on any atom is -0.497 e. The molecule has 0 radical (unpaired) electrons. The van der Waals surface area contributed by atoms with E-state index in [9.17, 15) is 4.39 Å². The third-order valence-corrected chi connectivity index (χ3v) is 4.14. The number of anilines is 1. The third-order valence-electron chi connectivity index (χ3n) is 3.90. The van der Waals surface area contributed by atoms with Crippen LogP contribution in [0.15, 0.2) is 66.7 Å². The highest BCUT2D eigenvalue weighted by Crippen LogP contribution is 2.25. The van der Waals surface area contributed by atoms with Crippen molar-refractivity contribution in [1.82, 2.24) is 0 Å². The van der Waals surface area contributed by atoms with E-state index in [4.69, 9.17) is 21.1 Å². The summed E-state index contributed by atoms with van der Waals surface area (Å²) in [5.41, 5.74) is 2.81. The summed E-state index contributed by atoms with van der Waals surface area (Å²) in [7, 11) is 1.64. The van der Waals surface area contributed by atoms with Crippen LogP contribution in [0.25, 0.3) is 0 Å². The van der Waals surface area contributed by atoms with E-state index in [2.05, 4.69) is 5.32 Å². The van der Waals surface area contributed by atoms with Crippen LogP contribution in [0.2, 0.25) is 5.02 Å². The minimum atomic E-state index is -0.260. The Bertz CT molecular complexity index is 851. The fraction of sp³-hybridized carbons (Fsp3) is 0.143. The molecule has 0 spiro atoms. The zero-order valence-electron chi connectivity index (χ0n) is 14.3. The van der Waals surface area contributed by atoms with Gasteiger partial charge in [0.15, 0.2) is 0 Å². The molecule has 0 fully saturated rings. The van der Waals surface area contributed by atoms with Crippen molar-refractivity contribution in [1.29, 1.82) is 0 Å². The average Bonchev–Trinajstić information content (AvgIpc) is 2.67. The lowest BCUT2D eigenvalue weighted by molar-refractivity contribution is 0.303. The lowest BCUT2D eigenvalue weighted by atomic mass is 10.2. The van der Waals surface area contributed by atoms with Gasteiger partial charge < -0.3 is 14.8 Å². The first-order chi connectivity index (χ1) is 12.6. The molecule has 134 valence electrons. The maximum Gasteiger partial charge on any atom is 0.124 e. The van der Waals surface area contributed by atoms with E-state index < -0.39 is 0 Å². The number of nitrogens with one attached hydrogen (secondary N) is 1. The van der Waals surface area contributed by atoms with E-state index in [0.29, 0.717) is 18.2 Å². The van der Waals surface area contributed by atoms with E-state index in [-0.39, 0.29) is 5.82 Å². The number of halogens is 2. The number of hydrogen-bond acceptors (Lipinski definition) is 3. The molecule has 0 unspecified atom stereocenters. The third kappa shape index (κ3) is 4.90. The fourth-order valence-corrected chi connectivity index (χ4v) is 2.67. The lowest BCUT2D eigenvalue weighted by Gasteiger charge is -2.14. The van der Waals surface area contributed by atoms with Crippen molar-refractivity contribution in [2.75, 3.05) is 12.4 Å². The summed E-state index contributed by atoms with van der Waals surface area (Å²) >= 11 is 6.13. The van der Waals surface area contributed by atoms with Crippen LogP contribution in [-0.2, 0) is 13.2 Å². The highest BCUT2D eigenvalue weighted by Gasteiger charge is 2.06. The van der Waals surface area contributed by atoms with Gasteiger partial charge in [0.25, 0.3) is 0 Å². The smallest absolute Gasteiger partial charge is 0.124 e. The Labute approximate surface area is 157 Å². The SMILES string of the molecule is COc1ccc(NCc2cc(Cl)ccc2OCc2ccc(F)cc2)cc1. The number of benzene rings is 3. The van der Waals surface area contributed by atoms with Gasteiger partial charge in [-0.15, -0.1) is 0 Å². The Morgan fingerprint density at radius 2 is 1.69 bits per heavy atom. The predicted octanol–water partition coefficient (Wildman–Crippen LogP) is 5.68. The van der Waals surface area contributed by atoms with Gasteiger partial charge >= 0.3 is 0 Å². The fourth-order valence-electron chi connectivity index (χ4n) is 2.47. The molecule has 0 saturated heterocycles. The molecule has 0 amide bonds. The second-order valence-corrected chi connectivity index (χ2v) is 6.19. The van der Waals surface area contributed by atoms with Gasteiger partial charge in [-0.25, -0.2) is 4.39 Å². The molecule has 3 aromatic carbocycles. The molecular weight excluding hydrogens is 353 g/mol. The van der Waals surface area contributed by atoms with Gasteiger partial charge in [-0.3, -0.25) is 0 Å². The van der Waals surface area contributed by atoms with E-state index in [0.717, 1.165) is 28.3 Å². The molecule has 0 heterocycles. The van der Waals surface area contributed by atoms with Crippen molar-refractivity contribution in [3.05, 3.63) is 88.7 Å². The maximum atomic E-state index is 13.0. The predicted molar refractivity (Wildman–Crippen MR) is 103 cm³/mol. The van der Waals surface area contributed by atoms with E-state index in [1.54, 1.807) is 25.3 Å². The number of ether oxygens (including phenoxy) is 2. The van der Waals surface area contributed by atoms with Gasteiger partial charge in [-0.1, -0.05) is 23.7 Å². The molecular formula is C21H19ClFNO2. The maximum absolute atomic E-state index is 13.0. The lowest BCUT2D eigenvalue weighted by Crippen LogP contribution is -2.04. The van der Waals surface area contributed by atoms with Gasteiger partial charge in [0, 0.05) is 22.8 Å². The van der Waals surface area contributed by atoms with E-state index in [1.807, 2.05) is 36.4 Å². The van der Waals surface area contributed by atoms with Gasteiger partial charge in [-0.2, -0.15) is 0 Å². The Hall–Kier alpha value is -2.72. The van der Waals surface area contributed by atoms with Crippen LogP contribution in [0.4, 0.5) is 10.1 Å². The summed E-state index contributed by atoms with van der Waals surface area (Å²) in [5.74, 6) is 1.28. The molecule has 0 aliphatic heterocycles. The van der Waals surface area contributed by atoms with Crippen LogP contribution in [0.5, 0.6) is 11.5 Å². The van der Waals surface area contributed by atoms with Gasteiger partial charge in [-0.05, 0) is 60.2 Å². The number of rotatable bonds is 7. The molecule has 0 aliphatic carbocycles. The van der Waals surface area contributed by atoms with Crippen molar-refractivity contribution < 1.29 is 13.9 Å². The topological polar surface area (TPSA) is 30.5 Å². The monoisotopic (exact) mass is 371 g/mol. The second kappa shape index (κ2) is 8.59. The van der Waals surface area contributed by atoms with Crippen molar-refractivity contribution in [3.8, 4) is 11.5 Å². The van der Waals surface area contributed by atoms with Gasteiger partial charge in [0.05, 0.1) is 7.11 Å². The van der Waals surface area contributed by atoms with Crippen molar-refractivity contribution in [2.45, 2.75) is 13.2 Å². The van der Waals surface area contributed by atoms with Crippen LogP contribution in [-0.4, -0.2) is 7.11 Å². The zero-order valence-corrected chi connectivity index (χ0v) is 15.1. The zero-order chi connectivity index (χ0) is 18.4. The molecule has 3 aromatic rings. The quantitative estimate of drug-likeness (QED) is 0.579. The van der Waals surface area contributed by atoms with E-state index >= 15 is 0 Å². The molecule has 0 aliphatic rings. The first kappa shape index (κ1) is 18.1. The Morgan fingerprint density at radius 1 is 0.962 bits per heavy atom. The Kier molecular flexibility index (Phi) is 5.97. The highest BCUT2D eigenvalue weighted by atomic mass is 35.5. The molecule has 0 atom stereocenters. The first-order valence-electron chi connectivity index (χ1n) is 8.17. The van der Waals surface area contributed by atoms with Crippen LogP contribution in [0.1, 0.15) is 11.1 Å². The first-order valence-corrected chi connectivity index (χ1v) is 8.55. The molecule has 26 heavy (non-hydrogen) atoms. The highest BCUT2D eigenvalue weighted by molar-refractivity contribution is 6.30. The Balaban J connectivity index is 1.67. The van der Waals surface area contributed by atoms with Crippen LogP contribution >= 0.6 is 11.6 Å². The number of methoxy groups -OCH3 is 1. The molecule has 3 rings (SSSR count). The van der Waals surface area contributed by atoms with Crippen LogP contribution in [0, 0.1) is 5.82 Å². The summed E-state index contributed by atoms with van der Waals surface area (Å²) in [6.07, 6.45) is 0. The molecule has 1 N–H and O–H groups in total. The molecule has 3 nitrogen and oxygen atoms in total. The summed E-state index contributed by atoms with van der Waals surface area (Å²) in [6, 6.07) is 19.5. The van der Waals surface area contributed by atoms with E-state index in [1.165, 1.54) is 12.1 Å². The van der Waals surface area contributed by atoms with Gasteiger partial charge in [0.2, 0.25) is 0 Å². The normalized spacial score (nSPS) is 10.4. The second-order valence-electron chi connectivity index (χ2n) is 5.75. The summed E-state index contributed by atoms with van der Waals surface area (Å²) in [5, 5.41) is 3.99. The molecule has 5 heteroatoms. The Morgan fingerprint density at radius 3 is 2.38 bits per heavy atom. The summed E-state index contributed by atoms with van der Waals surface area (Å²) in [6.45, 7) is 0.920. The molecule has 0 bridgehead atoms. The summed E-state index contributed by atoms with van der Waals surface area (Å²) in [4.78, 5) is 0. The van der Waals surface area contributed by atoms with Crippen LogP contribution in [0.3, 0.4) is 0 Å². The molecule has 0 saturated carbocycles. The average molecular weight is 372 g/mol. The summed E-state index contributed by atoms with van der Waals surface area (Å²) < 4.78 is 24.1. The van der Waals surface area contributed by atoms with Crippen molar-refractivity contribution in [3.63, 3.8) is 0 Å². The minimum absolute atomic E-state index is 0.260. The van der Waals surface area contributed by atoms with Crippen molar-refractivity contribution in [2.24, 2.45) is 0 Å². The van der Waals surface area contributed by atoms with Crippen molar-refractivity contribution >= 4 is 17.3 Å². The van der Waals surface area contributed by atoms with Crippen LogP contribution < -0.4 is 14.8 Å². The molecule has 0 aromatic heterocycles.